The predicted molar refractivity (Wildman–Crippen MR) is 61.8 cm³/mol. The molecule has 1 atom stereocenters. The van der Waals surface area contributed by atoms with E-state index in [0.717, 1.165) is 6.07 Å². The molecule has 2 aromatic rings. The van der Waals surface area contributed by atoms with Crippen LogP contribution >= 0.6 is 11.3 Å². The van der Waals surface area contributed by atoms with Crippen molar-refractivity contribution in [3.8, 4) is 0 Å². The second-order valence-corrected chi connectivity index (χ2v) is 4.68. The van der Waals surface area contributed by atoms with Crippen molar-refractivity contribution < 1.29 is 17.6 Å². The van der Waals surface area contributed by atoms with Crippen molar-refractivity contribution in [3.05, 3.63) is 57.5 Å². The van der Waals surface area contributed by atoms with Crippen LogP contribution in [0.1, 0.15) is 22.0 Å². The minimum absolute atomic E-state index is 0.146. The fourth-order valence-electron chi connectivity index (χ4n) is 1.63. The molecule has 0 saturated heterocycles. The Labute approximate surface area is 105 Å². The Morgan fingerprint density at radius 3 is 2.39 bits per heavy atom. The van der Waals surface area contributed by atoms with Crippen LogP contribution in [0.2, 0.25) is 0 Å². The Bertz CT molecular complexity index is 534. The van der Waals surface area contributed by atoms with E-state index in [0.29, 0.717) is 10.9 Å². The van der Waals surface area contributed by atoms with Gasteiger partial charge in [0, 0.05) is 10.4 Å². The molecule has 0 amide bonds. The van der Waals surface area contributed by atoms with Gasteiger partial charge in [-0.3, -0.25) is 0 Å². The van der Waals surface area contributed by atoms with E-state index in [-0.39, 0.29) is 5.56 Å². The Morgan fingerprint density at radius 1 is 1.11 bits per heavy atom. The summed E-state index contributed by atoms with van der Waals surface area (Å²) in [7, 11) is 0. The summed E-state index contributed by atoms with van der Waals surface area (Å²) < 4.78 is 51.5. The van der Waals surface area contributed by atoms with Crippen LogP contribution in [0.3, 0.4) is 0 Å². The van der Waals surface area contributed by atoms with Crippen molar-refractivity contribution >= 4 is 11.3 Å². The SMILES string of the molecule is N[C@@H](c1cccs1)c1cccc(C(F)(F)F)c1F. The second-order valence-electron chi connectivity index (χ2n) is 3.70. The van der Waals surface area contributed by atoms with Crippen molar-refractivity contribution in [3.63, 3.8) is 0 Å². The highest BCUT2D eigenvalue weighted by atomic mass is 32.1. The summed E-state index contributed by atoms with van der Waals surface area (Å²) >= 11 is 1.27. The number of hydrogen-bond donors (Lipinski definition) is 1. The van der Waals surface area contributed by atoms with Gasteiger partial charge in [0.15, 0.2) is 0 Å². The van der Waals surface area contributed by atoms with Crippen molar-refractivity contribution in [1.82, 2.24) is 0 Å². The quantitative estimate of drug-likeness (QED) is 0.825. The molecule has 2 rings (SSSR count). The molecule has 0 radical (unpaired) electrons. The molecule has 1 aromatic carbocycles. The highest BCUT2D eigenvalue weighted by Gasteiger charge is 2.35. The van der Waals surface area contributed by atoms with Gasteiger partial charge in [-0.05, 0) is 17.5 Å². The molecule has 0 bridgehead atoms. The van der Waals surface area contributed by atoms with Gasteiger partial charge in [0.1, 0.15) is 5.82 Å². The Hall–Kier alpha value is -1.40. The summed E-state index contributed by atoms with van der Waals surface area (Å²) in [6.45, 7) is 0. The molecule has 2 N–H and O–H groups in total. The Morgan fingerprint density at radius 2 is 1.83 bits per heavy atom. The largest absolute Gasteiger partial charge is 0.419 e. The first kappa shape index (κ1) is 13.0. The molecular weight excluding hydrogens is 266 g/mol. The van der Waals surface area contributed by atoms with E-state index >= 15 is 0 Å². The molecule has 0 saturated carbocycles. The number of alkyl halides is 3. The number of rotatable bonds is 2. The standard InChI is InChI=1S/C12H9F4NS/c13-10-7(11(17)9-5-2-6-18-9)3-1-4-8(10)12(14,15)16/h1-6,11H,17H2/t11-/m1/s1. The molecule has 0 aliphatic carbocycles. The molecule has 0 aliphatic rings. The second kappa shape index (κ2) is 4.70. The van der Waals surface area contributed by atoms with Gasteiger partial charge >= 0.3 is 6.18 Å². The Kier molecular flexibility index (Phi) is 3.41. The molecular formula is C12H9F4NS. The van der Waals surface area contributed by atoms with Gasteiger partial charge in [0.2, 0.25) is 0 Å². The number of thiophene rings is 1. The highest BCUT2D eigenvalue weighted by molar-refractivity contribution is 7.10. The third-order valence-electron chi connectivity index (χ3n) is 2.52. The molecule has 1 nitrogen and oxygen atoms in total. The first-order valence-electron chi connectivity index (χ1n) is 5.06. The molecule has 0 unspecified atom stereocenters. The average molecular weight is 275 g/mol. The van der Waals surface area contributed by atoms with Gasteiger partial charge in [-0.25, -0.2) is 4.39 Å². The fourth-order valence-corrected chi connectivity index (χ4v) is 2.38. The minimum atomic E-state index is -4.71. The van der Waals surface area contributed by atoms with Crippen LogP contribution in [0.25, 0.3) is 0 Å². The van der Waals surface area contributed by atoms with E-state index < -0.39 is 23.6 Å². The average Bonchev–Trinajstić information content (AvgIpc) is 2.80. The smallest absolute Gasteiger partial charge is 0.320 e. The van der Waals surface area contributed by atoms with Gasteiger partial charge in [-0.1, -0.05) is 18.2 Å². The number of nitrogens with two attached hydrogens (primary N) is 1. The van der Waals surface area contributed by atoms with Crippen molar-refractivity contribution in [2.45, 2.75) is 12.2 Å². The maximum Gasteiger partial charge on any atom is 0.419 e. The van der Waals surface area contributed by atoms with Gasteiger partial charge in [0.05, 0.1) is 11.6 Å². The van der Waals surface area contributed by atoms with E-state index in [4.69, 9.17) is 5.73 Å². The zero-order chi connectivity index (χ0) is 13.3. The summed E-state index contributed by atoms with van der Waals surface area (Å²) in [4.78, 5) is 0.619. The first-order valence-corrected chi connectivity index (χ1v) is 5.94. The Balaban J connectivity index is 2.47. The van der Waals surface area contributed by atoms with Crippen LogP contribution in [-0.2, 0) is 6.18 Å². The lowest BCUT2D eigenvalue weighted by atomic mass is 10.0. The number of benzene rings is 1. The molecule has 0 fully saturated rings. The maximum absolute atomic E-state index is 13.8. The predicted octanol–water partition coefficient (Wildman–Crippen LogP) is 3.95. The van der Waals surface area contributed by atoms with Crippen LogP contribution in [0.15, 0.2) is 35.7 Å². The van der Waals surface area contributed by atoms with Crippen molar-refractivity contribution in [2.24, 2.45) is 5.73 Å². The van der Waals surface area contributed by atoms with Gasteiger partial charge in [-0.2, -0.15) is 13.2 Å². The third kappa shape index (κ3) is 2.39. The lowest BCUT2D eigenvalue weighted by Crippen LogP contribution is -2.16. The zero-order valence-electron chi connectivity index (χ0n) is 9.04. The van der Waals surface area contributed by atoms with Gasteiger partial charge < -0.3 is 5.73 Å². The summed E-state index contributed by atoms with van der Waals surface area (Å²) in [6, 6.07) is 5.64. The summed E-state index contributed by atoms with van der Waals surface area (Å²) in [5, 5.41) is 1.74. The lowest BCUT2D eigenvalue weighted by molar-refractivity contribution is -0.140. The van der Waals surface area contributed by atoms with Gasteiger partial charge in [0.25, 0.3) is 0 Å². The van der Waals surface area contributed by atoms with Gasteiger partial charge in [-0.15, -0.1) is 11.3 Å². The highest BCUT2D eigenvalue weighted by Crippen LogP contribution is 2.35. The monoisotopic (exact) mass is 275 g/mol. The van der Waals surface area contributed by atoms with E-state index in [1.54, 1.807) is 17.5 Å². The molecule has 1 heterocycles. The lowest BCUT2D eigenvalue weighted by Gasteiger charge is -2.15. The van der Waals surface area contributed by atoms with Crippen molar-refractivity contribution in [1.29, 1.82) is 0 Å². The molecule has 0 aliphatic heterocycles. The number of hydrogen-bond acceptors (Lipinski definition) is 2. The normalized spacial score (nSPS) is 13.6. The summed E-state index contributed by atoms with van der Waals surface area (Å²) in [6.07, 6.45) is -4.71. The topological polar surface area (TPSA) is 26.0 Å². The zero-order valence-corrected chi connectivity index (χ0v) is 9.86. The van der Waals surface area contributed by atoms with Crippen LogP contribution in [0.4, 0.5) is 17.6 Å². The summed E-state index contributed by atoms with van der Waals surface area (Å²) in [5.74, 6) is -1.30. The minimum Gasteiger partial charge on any atom is -0.320 e. The molecule has 18 heavy (non-hydrogen) atoms. The van der Waals surface area contributed by atoms with Crippen LogP contribution < -0.4 is 5.73 Å². The van der Waals surface area contributed by atoms with Crippen LogP contribution in [-0.4, -0.2) is 0 Å². The maximum atomic E-state index is 13.8. The van der Waals surface area contributed by atoms with E-state index in [1.807, 2.05) is 0 Å². The molecule has 96 valence electrons. The number of halogens is 4. The third-order valence-corrected chi connectivity index (χ3v) is 3.47. The van der Waals surface area contributed by atoms with Crippen molar-refractivity contribution in [2.75, 3.05) is 0 Å². The molecule has 6 heteroatoms. The van der Waals surface area contributed by atoms with E-state index in [9.17, 15) is 17.6 Å². The van der Waals surface area contributed by atoms with E-state index in [2.05, 4.69) is 0 Å². The molecule has 0 spiro atoms. The fraction of sp³-hybridized carbons (Fsp3) is 0.167. The van der Waals surface area contributed by atoms with E-state index in [1.165, 1.54) is 17.4 Å². The first-order chi connectivity index (χ1) is 8.41. The van der Waals surface area contributed by atoms with Crippen LogP contribution in [0, 0.1) is 5.82 Å². The van der Waals surface area contributed by atoms with Crippen LogP contribution in [0.5, 0.6) is 0 Å². The molecule has 1 aromatic heterocycles. The summed E-state index contributed by atoms with van der Waals surface area (Å²) in [5.41, 5.74) is 4.35.